The summed E-state index contributed by atoms with van der Waals surface area (Å²) in [6, 6.07) is 16.7. The third-order valence-electron chi connectivity index (χ3n) is 4.40. The number of aldehydes is 1. The number of carbonyl (C=O) groups excluding carboxylic acids is 1. The molecular formula is C30H33Cl2KN2O6S. The van der Waals surface area contributed by atoms with Crippen LogP contribution in [0.1, 0.15) is 42.3 Å². The van der Waals surface area contributed by atoms with Crippen molar-refractivity contribution in [2.45, 2.75) is 44.7 Å². The first-order chi connectivity index (χ1) is 19.1. The van der Waals surface area contributed by atoms with Crippen LogP contribution >= 0.6 is 23.2 Å². The van der Waals surface area contributed by atoms with Gasteiger partial charge in [0.2, 0.25) is 6.54 Å². The summed E-state index contributed by atoms with van der Waals surface area (Å²) in [4.78, 5) is 16.6. The Labute approximate surface area is 301 Å². The first-order valence-electron chi connectivity index (χ1n) is 11.9. The first-order valence-corrected chi connectivity index (χ1v) is 14.3. The average Bonchev–Trinajstić information content (AvgIpc) is 2.89. The number of hydrogen-bond donors (Lipinski definition) is 0. The van der Waals surface area contributed by atoms with Crippen molar-refractivity contribution >= 4 is 39.3 Å². The molecule has 0 aliphatic carbocycles. The number of sulfone groups is 1. The van der Waals surface area contributed by atoms with Crippen molar-refractivity contribution in [2.24, 2.45) is 0 Å². The summed E-state index contributed by atoms with van der Waals surface area (Å²) in [5, 5.41) is 11.1. The van der Waals surface area contributed by atoms with E-state index in [4.69, 9.17) is 45.8 Å². The number of ether oxygens (including phenoxy) is 2. The van der Waals surface area contributed by atoms with Crippen LogP contribution in [0.15, 0.2) is 65.6 Å². The Bertz CT molecular complexity index is 1440. The van der Waals surface area contributed by atoms with E-state index in [0.29, 0.717) is 33.7 Å². The summed E-state index contributed by atoms with van der Waals surface area (Å²) in [6.45, 7) is 20.3. The van der Waals surface area contributed by atoms with E-state index in [1.54, 1.807) is 70.3 Å². The van der Waals surface area contributed by atoms with Crippen LogP contribution in [0.2, 0.25) is 10.0 Å². The second-order valence-corrected chi connectivity index (χ2v) is 11.9. The van der Waals surface area contributed by atoms with Gasteiger partial charge in [-0.15, -0.1) is 5.60 Å². The predicted octanol–water partition coefficient (Wildman–Crippen LogP) is 3.72. The van der Waals surface area contributed by atoms with Crippen LogP contribution in [0.5, 0.6) is 11.5 Å². The molecule has 8 nitrogen and oxygen atoms in total. The number of aryl methyl sites for hydroxylation is 1. The van der Waals surface area contributed by atoms with Crippen molar-refractivity contribution in [3.63, 3.8) is 0 Å². The summed E-state index contributed by atoms with van der Waals surface area (Å²) in [7, 11) is -0.286. The molecular weight excluding hydrogens is 626 g/mol. The molecule has 0 amide bonds. The molecule has 3 rings (SSSR count). The summed E-state index contributed by atoms with van der Waals surface area (Å²) in [6.07, 6.45) is 0.741. The number of halogens is 2. The molecule has 0 aliphatic rings. The number of carbonyl (C=O) groups is 1. The van der Waals surface area contributed by atoms with Crippen LogP contribution in [0, 0.1) is 20.1 Å². The van der Waals surface area contributed by atoms with Crippen molar-refractivity contribution in [3.8, 4) is 11.5 Å². The Hall–Kier alpha value is -1.96. The molecule has 0 atom stereocenters. The molecule has 220 valence electrons. The van der Waals surface area contributed by atoms with E-state index in [1.807, 2.05) is 13.0 Å². The minimum atomic E-state index is -3.38. The number of rotatable bonds is 6. The Morgan fingerprint density at radius 3 is 1.74 bits per heavy atom. The molecule has 12 heteroatoms. The number of hydrogen-bond acceptors (Lipinski definition) is 6. The SMILES string of the molecule is CC(C)(C)[O-].COc1ccc(C=O)cc1Cl.[C-]#[N+]CS(=O)(=O)c1ccc(C)cc1.[C-]#[N+]Cc1ccc(OC)c(Cl)c1.[K+]. The number of benzene rings is 3. The first kappa shape index (κ1) is 42.2. The van der Waals surface area contributed by atoms with Crippen LogP contribution in [0.25, 0.3) is 9.69 Å². The summed E-state index contributed by atoms with van der Waals surface area (Å²) < 4.78 is 32.5. The molecule has 0 bridgehead atoms. The minimum Gasteiger partial charge on any atom is -0.850 e. The fourth-order valence-electron chi connectivity index (χ4n) is 2.56. The maximum atomic E-state index is 11.3. The fourth-order valence-corrected chi connectivity index (χ4v) is 3.98. The van der Waals surface area contributed by atoms with Gasteiger partial charge >= 0.3 is 57.3 Å². The van der Waals surface area contributed by atoms with Crippen molar-refractivity contribution in [2.75, 3.05) is 20.1 Å². The molecule has 0 unspecified atom stereocenters. The smallest absolute Gasteiger partial charge is 0.850 e. The minimum absolute atomic E-state index is 0. The largest absolute Gasteiger partial charge is 1.00 e. The van der Waals surface area contributed by atoms with Gasteiger partial charge in [-0.1, -0.05) is 61.7 Å². The second-order valence-electron chi connectivity index (χ2n) is 9.12. The molecule has 0 saturated heterocycles. The van der Waals surface area contributed by atoms with E-state index in [-0.39, 0.29) is 56.3 Å². The average molecular weight is 660 g/mol. The fraction of sp³-hybridized carbons (Fsp3) is 0.300. The van der Waals surface area contributed by atoms with Gasteiger partial charge in [0.25, 0.3) is 9.84 Å². The third kappa shape index (κ3) is 18.5. The normalized spacial score (nSPS) is 9.79. The van der Waals surface area contributed by atoms with Gasteiger partial charge in [0.1, 0.15) is 17.8 Å². The van der Waals surface area contributed by atoms with Gasteiger partial charge in [-0.3, -0.25) is 9.64 Å². The molecule has 0 radical (unpaired) electrons. The second kappa shape index (κ2) is 21.7. The molecule has 0 fully saturated rings. The van der Waals surface area contributed by atoms with Gasteiger partial charge < -0.3 is 19.4 Å². The molecule has 42 heavy (non-hydrogen) atoms. The van der Waals surface area contributed by atoms with E-state index in [1.165, 1.54) is 19.2 Å². The molecule has 0 aliphatic heterocycles. The van der Waals surface area contributed by atoms with E-state index in [0.717, 1.165) is 17.4 Å². The van der Waals surface area contributed by atoms with Gasteiger partial charge in [0, 0.05) is 11.1 Å². The Balaban J connectivity index is 0. The van der Waals surface area contributed by atoms with Crippen molar-refractivity contribution in [1.82, 2.24) is 0 Å². The summed E-state index contributed by atoms with van der Waals surface area (Å²) in [5.74, 6) is 0.749. The summed E-state index contributed by atoms with van der Waals surface area (Å²) >= 11 is 11.6. The van der Waals surface area contributed by atoms with E-state index >= 15 is 0 Å². The monoisotopic (exact) mass is 658 g/mol. The van der Waals surface area contributed by atoms with Gasteiger partial charge in [-0.25, -0.2) is 21.6 Å². The Kier molecular flexibility index (Phi) is 21.8. The van der Waals surface area contributed by atoms with Gasteiger partial charge in [0.05, 0.1) is 29.2 Å². The zero-order valence-corrected chi connectivity index (χ0v) is 30.2. The molecule has 3 aromatic rings. The van der Waals surface area contributed by atoms with E-state index in [9.17, 15) is 18.3 Å². The van der Waals surface area contributed by atoms with Crippen LogP contribution in [-0.4, -0.2) is 40.4 Å². The van der Waals surface area contributed by atoms with Crippen LogP contribution in [0.3, 0.4) is 0 Å². The maximum absolute atomic E-state index is 11.3. The van der Waals surface area contributed by atoms with Crippen LogP contribution in [-0.2, 0) is 16.4 Å². The Morgan fingerprint density at radius 2 is 1.36 bits per heavy atom. The van der Waals surface area contributed by atoms with Crippen molar-refractivity contribution in [3.05, 3.63) is 110 Å². The standard InChI is InChI=1S/C9H8ClNO.C9H9NO2S.C8H7ClO2.C4H9O.K/c1-11-6-7-3-4-9(12-2)8(10)5-7;1-8-3-5-9(6-4-8)13(11,12)7-10-2;1-11-8-3-2-6(5-10)4-7(8)9;1-4(2,3)5;/h3-5H,6H2,2H3;3-6H,7H2,1H3;2-5H,1H3;1-3H3;/q;;;-1;+1. The predicted molar refractivity (Wildman–Crippen MR) is 161 cm³/mol. The maximum Gasteiger partial charge on any atom is 1.00 e. The van der Waals surface area contributed by atoms with Gasteiger partial charge in [0.15, 0.2) is 0 Å². The molecule has 0 N–H and O–H groups in total. The zero-order chi connectivity index (χ0) is 31.6. The van der Waals surface area contributed by atoms with Gasteiger partial charge in [-0.2, -0.15) is 0 Å². The molecule has 0 heterocycles. The van der Waals surface area contributed by atoms with E-state index in [2.05, 4.69) is 9.69 Å². The third-order valence-corrected chi connectivity index (χ3v) is 6.45. The number of methoxy groups -OCH3 is 2. The molecule has 0 spiro atoms. The van der Waals surface area contributed by atoms with E-state index < -0.39 is 21.3 Å². The van der Waals surface area contributed by atoms with Crippen LogP contribution in [0.4, 0.5) is 0 Å². The van der Waals surface area contributed by atoms with Gasteiger partial charge in [-0.05, 0) is 55.5 Å². The number of nitrogens with zero attached hydrogens (tertiary/aromatic N) is 2. The zero-order valence-electron chi connectivity index (χ0n) is 24.8. The summed E-state index contributed by atoms with van der Waals surface area (Å²) in [5.41, 5.74) is 1.72. The van der Waals surface area contributed by atoms with Crippen molar-refractivity contribution in [1.29, 1.82) is 0 Å². The van der Waals surface area contributed by atoms with Crippen LogP contribution < -0.4 is 66.0 Å². The Morgan fingerprint density at radius 1 is 0.881 bits per heavy atom. The molecule has 3 aromatic carbocycles. The quantitative estimate of drug-likeness (QED) is 0.227. The molecule has 0 saturated carbocycles. The van der Waals surface area contributed by atoms with Crippen molar-refractivity contribution < 1.29 is 79.2 Å². The molecule has 0 aromatic heterocycles. The topological polar surface area (TPSA) is 101 Å².